The molecular weight excluding hydrogens is 220 g/mol. The quantitative estimate of drug-likeness (QED) is 0.888. The van der Waals surface area contributed by atoms with E-state index in [1.54, 1.807) is 0 Å². The standard InChI is InChI=1S/C16H26N2/c1-12-5-4-6-16(11-12)14(3)18-9-7-15(8-10-18)13(2)17/h4-6,11,13-15H,7-10,17H2,1-3H3. The maximum Gasteiger partial charge on any atom is 0.0319 e. The summed E-state index contributed by atoms with van der Waals surface area (Å²) < 4.78 is 0. The molecule has 0 spiro atoms. The molecule has 0 saturated carbocycles. The minimum absolute atomic E-state index is 0.349. The van der Waals surface area contributed by atoms with Crippen LogP contribution in [0.4, 0.5) is 0 Å². The molecular formula is C16H26N2. The van der Waals surface area contributed by atoms with E-state index in [9.17, 15) is 0 Å². The minimum atomic E-state index is 0.349. The summed E-state index contributed by atoms with van der Waals surface area (Å²) in [6.45, 7) is 8.99. The summed E-state index contributed by atoms with van der Waals surface area (Å²) in [7, 11) is 0. The second kappa shape index (κ2) is 5.85. The molecule has 1 heterocycles. The van der Waals surface area contributed by atoms with Gasteiger partial charge in [-0.05, 0) is 58.2 Å². The van der Waals surface area contributed by atoms with Crippen LogP contribution >= 0.6 is 0 Å². The molecule has 1 aliphatic heterocycles. The number of hydrogen-bond donors (Lipinski definition) is 1. The number of nitrogens with two attached hydrogens (primary N) is 1. The van der Waals surface area contributed by atoms with E-state index in [-0.39, 0.29) is 0 Å². The van der Waals surface area contributed by atoms with Crippen LogP contribution in [0.1, 0.15) is 43.9 Å². The Morgan fingerprint density at radius 2 is 1.89 bits per heavy atom. The number of aryl methyl sites for hydroxylation is 1. The molecule has 2 N–H and O–H groups in total. The van der Waals surface area contributed by atoms with Gasteiger partial charge in [0.2, 0.25) is 0 Å². The van der Waals surface area contributed by atoms with Gasteiger partial charge in [-0.1, -0.05) is 29.8 Å². The lowest BCUT2D eigenvalue weighted by Crippen LogP contribution is -2.40. The average molecular weight is 246 g/mol. The Bertz CT molecular complexity index is 378. The summed E-state index contributed by atoms with van der Waals surface area (Å²) in [4.78, 5) is 2.59. The lowest BCUT2D eigenvalue weighted by molar-refractivity contribution is 0.132. The molecule has 1 aromatic carbocycles. The number of hydrogen-bond acceptors (Lipinski definition) is 2. The van der Waals surface area contributed by atoms with Crippen LogP contribution in [0.5, 0.6) is 0 Å². The van der Waals surface area contributed by atoms with Gasteiger partial charge in [-0.2, -0.15) is 0 Å². The summed E-state index contributed by atoms with van der Waals surface area (Å²) in [6, 6.07) is 9.76. The third-order valence-electron chi connectivity index (χ3n) is 4.39. The van der Waals surface area contributed by atoms with E-state index in [4.69, 9.17) is 5.73 Å². The fourth-order valence-electron chi connectivity index (χ4n) is 2.97. The largest absolute Gasteiger partial charge is 0.328 e. The van der Waals surface area contributed by atoms with Crippen LogP contribution in [0.3, 0.4) is 0 Å². The molecule has 1 fully saturated rings. The third kappa shape index (κ3) is 3.12. The van der Waals surface area contributed by atoms with Gasteiger partial charge in [-0.15, -0.1) is 0 Å². The molecule has 1 aliphatic rings. The second-order valence-corrected chi connectivity index (χ2v) is 5.82. The fraction of sp³-hybridized carbons (Fsp3) is 0.625. The van der Waals surface area contributed by atoms with Crippen molar-refractivity contribution in [1.82, 2.24) is 4.90 Å². The molecule has 0 aliphatic carbocycles. The molecule has 0 bridgehead atoms. The zero-order chi connectivity index (χ0) is 13.1. The smallest absolute Gasteiger partial charge is 0.0319 e. The highest BCUT2D eigenvalue weighted by Crippen LogP contribution is 2.27. The van der Waals surface area contributed by atoms with Gasteiger partial charge in [-0.3, -0.25) is 4.90 Å². The Kier molecular flexibility index (Phi) is 4.41. The van der Waals surface area contributed by atoms with Gasteiger partial charge in [-0.25, -0.2) is 0 Å². The Balaban J connectivity index is 1.97. The first-order valence-electron chi connectivity index (χ1n) is 7.14. The zero-order valence-corrected chi connectivity index (χ0v) is 11.9. The molecule has 1 saturated heterocycles. The minimum Gasteiger partial charge on any atom is -0.328 e. The van der Waals surface area contributed by atoms with Gasteiger partial charge >= 0.3 is 0 Å². The molecule has 2 heteroatoms. The van der Waals surface area contributed by atoms with Gasteiger partial charge in [0.15, 0.2) is 0 Å². The first-order valence-corrected chi connectivity index (χ1v) is 7.14. The highest BCUT2D eigenvalue weighted by atomic mass is 15.2. The van der Waals surface area contributed by atoms with Crippen LogP contribution in [0.25, 0.3) is 0 Å². The predicted molar refractivity (Wildman–Crippen MR) is 77.5 cm³/mol. The van der Waals surface area contributed by atoms with Crippen LogP contribution < -0.4 is 5.73 Å². The van der Waals surface area contributed by atoms with Gasteiger partial charge in [0.1, 0.15) is 0 Å². The van der Waals surface area contributed by atoms with Crippen molar-refractivity contribution in [2.45, 2.75) is 45.7 Å². The van der Waals surface area contributed by atoms with E-state index in [2.05, 4.69) is 49.9 Å². The molecule has 0 aromatic heterocycles. The Labute approximate surface area is 111 Å². The van der Waals surface area contributed by atoms with Crippen molar-refractivity contribution in [3.05, 3.63) is 35.4 Å². The molecule has 0 amide bonds. The summed E-state index contributed by atoms with van der Waals surface area (Å²) in [6.07, 6.45) is 2.49. The maximum atomic E-state index is 6.00. The van der Waals surface area contributed by atoms with Crippen LogP contribution in [-0.2, 0) is 0 Å². The van der Waals surface area contributed by atoms with Gasteiger partial charge < -0.3 is 5.73 Å². The van der Waals surface area contributed by atoms with E-state index < -0.39 is 0 Å². The average Bonchev–Trinajstić information content (AvgIpc) is 2.38. The van der Waals surface area contributed by atoms with Gasteiger partial charge in [0.25, 0.3) is 0 Å². The number of rotatable bonds is 3. The van der Waals surface area contributed by atoms with Crippen LogP contribution in [-0.4, -0.2) is 24.0 Å². The van der Waals surface area contributed by atoms with Gasteiger partial charge in [0.05, 0.1) is 0 Å². The highest BCUT2D eigenvalue weighted by molar-refractivity contribution is 5.24. The van der Waals surface area contributed by atoms with Crippen LogP contribution in [0, 0.1) is 12.8 Å². The Morgan fingerprint density at radius 1 is 1.22 bits per heavy atom. The van der Waals surface area contributed by atoms with Crippen molar-refractivity contribution >= 4 is 0 Å². The van der Waals surface area contributed by atoms with Crippen molar-refractivity contribution in [1.29, 1.82) is 0 Å². The lowest BCUT2D eigenvalue weighted by atomic mass is 9.89. The molecule has 2 nitrogen and oxygen atoms in total. The number of piperidine rings is 1. The predicted octanol–water partition coefficient (Wildman–Crippen LogP) is 3.12. The third-order valence-corrected chi connectivity index (χ3v) is 4.39. The molecule has 2 unspecified atom stereocenters. The van der Waals surface area contributed by atoms with Crippen molar-refractivity contribution < 1.29 is 0 Å². The van der Waals surface area contributed by atoms with E-state index in [0.29, 0.717) is 18.0 Å². The van der Waals surface area contributed by atoms with Gasteiger partial charge in [0, 0.05) is 12.1 Å². The van der Waals surface area contributed by atoms with E-state index in [0.717, 1.165) is 0 Å². The number of likely N-dealkylation sites (tertiary alicyclic amines) is 1. The summed E-state index contributed by atoms with van der Waals surface area (Å²) in [5, 5.41) is 0. The zero-order valence-electron chi connectivity index (χ0n) is 11.9. The second-order valence-electron chi connectivity index (χ2n) is 5.82. The Morgan fingerprint density at radius 3 is 2.44 bits per heavy atom. The van der Waals surface area contributed by atoms with Crippen LogP contribution in [0.2, 0.25) is 0 Å². The first-order chi connectivity index (χ1) is 8.58. The van der Waals surface area contributed by atoms with Crippen molar-refractivity contribution in [2.24, 2.45) is 11.7 Å². The maximum absolute atomic E-state index is 6.00. The molecule has 1 aromatic rings. The molecule has 2 rings (SSSR count). The normalized spacial score (nSPS) is 21.8. The van der Waals surface area contributed by atoms with Crippen LogP contribution in [0.15, 0.2) is 24.3 Å². The number of benzene rings is 1. The monoisotopic (exact) mass is 246 g/mol. The summed E-state index contributed by atoms with van der Waals surface area (Å²) in [5.74, 6) is 0.714. The molecule has 2 atom stereocenters. The van der Waals surface area contributed by atoms with Crippen molar-refractivity contribution in [2.75, 3.05) is 13.1 Å². The van der Waals surface area contributed by atoms with Crippen molar-refractivity contribution in [3.63, 3.8) is 0 Å². The van der Waals surface area contributed by atoms with E-state index in [1.807, 2.05) is 0 Å². The summed E-state index contributed by atoms with van der Waals surface area (Å²) >= 11 is 0. The molecule has 18 heavy (non-hydrogen) atoms. The highest BCUT2D eigenvalue weighted by Gasteiger charge is 2.25. The molecule has 100 valence electrons. The topological polar surface area (TPSA) is 29.3 Å². The first kappa shape index (κ1) is 13.6. The SMILES string of the molecule is Cc1cccc(C(C)N2CCC(C(C)N)CC2)c1. The van der Waals surface area contributed by atoms with Crippen molar-refractivity contribution in [3.8, 4) is 0 Å². The fourth-order valence-corrected chi connectivity index (χ4v) is 2.97. The van der Waals surface area contributed by atoms with E-state index in [1.165, 1.54) is 37.1 Å². The number of nitrogens with zero attached hydrogens (tertiary/aromatic N) is 1. The van der Waals surface area contributed by atoms with E-state index >= 15 is 0 Å². The Hall–Kier alpha value is -0.860. The molecule has 0 radical (unpaired) electrons. The summed E-state index contributed by atoms with van der Waals surface area (Å²) in [5.41, 5.74) is 8.79. The lowest BCUT2D eigenvalue weighted by Gasteiger charge is -2.37.